The molecule has 0 bridgehead atoms. The molecule has 2 saturated heterocycles. The Balaban J connectivity index is 1.43. The first kappa shape index (κ1) is 14.1. The summed E-state index contributed by atoms with van der Waals surface area (Å²) < 4.78 is 16.8. The fourth-order valence-corrected chi connectivity index (χ4v) is 3.82. The van der Waals surface area contributed by atoms with Crippen LogP contribution in [-0.4, -0.2) is 38.3 Å². The molecule has 4 rings (SSSR count). The maximum Gasteiger partial charge on any atom is 0.134 e. The van der Waals surface area contributed by atoms with Crippen molar-refractivity contribution in [3.05, 3.63) is 30.0 Å². The molecule has 2 atom stereocenters. The average molecular weight is 301 g/mol. The summed E-state index contributed by atoms with van der Waals surface area (Å²) in [6, 6.07) is 8.11. The Morgan fingerprint density at radius 1 is 1.23 bits per heavy atom. The molecular formula is C18H23NO3. The zero-order valence-electron chi connectivity index (χ0n) is 13.1. The quantitative estimate of drug-likeness (QED) is 0.868. The van der Waals surface area contributed by atoms with Gasteiger partial charge >= 0.3 is 0 Å². The second-order valence-corrected chi connectivity index (χ2v) is 6.52. The minimum absolute atomic E-state index is 0.768. The summed E-state index contributed by atoms with van der Waals surface area (Å²) in [5, 5.41) is 1.12. The van der Waals surface area contributed by atoms with Crippen LogP contribution in [0.25, 0.3) is 11.0 Å². The fraction of sp³-hybridized carbons (Fsp3) is 0.556. The standard InChI is InChI=1S/C18H23NO3/c1-20-16-2-3-18-15(8-16)9-17(22-18)11-19-6-4-13(10-19)14-5-7-21-12-14/h2-3,8-9,13-14H,4-7,10-12H2,1H3. The van der Waals surface area contributed by atoms with E-state index in [4.69, 9.17) is 13.9 Å². The molecule has 0 radical (unpaired) electrons. The van der Waals surface area contributed by atoms with Gasteiger partial charge in [-0.2, -0.15) is 0 Å². The number of furan rings is 1. The predicted octanol–water partition coefficient (Wildman–Crippen LogP) is 3.30. The van der Waals surface area contributed by atoms with Gasteiger partial charge in [0, 0.05) is 25.1 Å². The third kappa shape index (κ3) is 2.73. The number of benzene rings is 1. The summed E-state index contributed by atoms with van der Waals surface area (Å²) >= 11 is 0. The number of likely N-dealkylation sites (tertiary alicyclic amines) is 1. The molecule has 1 aromatic carbocycles. The normalized spacial score (nSPS) is 26.0. The zero-order chi connectivity index (χ0) is 14.9. The van der Waals surface area contributed by atoms with E-state index < -0.39 is 0 Å². The molecule has 2 aliphatic heterocycles. The number of hydrogen-bond acceptors (Lipinski definition) is 4. The van der Waals surface area contributed by atoms with Gasteiger partial charge in [-0.3, -0.25) is 4.90 Å². The third-order valence-corrected chi connectivity index (χ3v) is 5.09. The van der Waals surface area contributed by atoms with Crippen molar-refractivity contribution in [3.8, 4) is 5.75 Å². The van der Waals surface area contributed by atoms with Crippen molar-refractivity contribution >= 4 is 11.0 Å². The minimum Gasteiger partial charge on any atom is -0.497 e. The Labute approximate surface area is 131 Å². The number of ether oxygens (including phenoxy) is 2. The van der Waals surface area contributed by atoms with Crippen LogP contribution >= 0.6 is 0 Å². The number of nitrogens with zero attached hydrogens (tertiary/aromatic N) is 1. The molecule has 4 heteroatoms. The summed E-state index contributed by atoms with van der Waals surface area (Å²) in [5.74, 6) is 3.49. The lowest BCUT2D eigenvalue weighted by molar-refractivity contribution is 0.170. The molecule has 2 fully saturated rings. The summed E-state index contributed by atoms with van der Waals surface area (Å²) in [7, 11) is 1.69. The van der Waals surface area contributed by atoms with Crippen LogP contribution in [0, 0.1) is 11.8 Å². The van der Waals surface area contributed by atoms with Crippen LogP contribution in [-0.2, 0) is 11.3 Å². The molecule has 118 valence electrons. The molecule has 0 saturated carbocycles. The van der Waals surface area contributed by atoms with Gasteiger partial charge in [-0.05, 0) is 55.5 Å². The van der Waals surface area contributed by atoms with E-state index in [-0.39, 0.29) is 0 Å². The smallest absolute Gasteiger partial charge is 0.134 e. The molecule has 2 unspecified atom stereocenters. The molecule has 22 heavy (non-hydrogen) atoms. The van der Waals surface area contributed by atoms with E-state index in [1.807, 2.05) is 18.2 Å². The fourth-order valence-electron chi connectivity index (χ4n) is 3.82. The zero-order valence-corrected chi connectivity index (χ0v) is 13.1. The maximum absolute atomic E-state index is 5.97. The molecule has 2 aromatic rings. The van der Waals surface area contributed by atoms with Gasteiger partial charge < -0.3 is 13.9 Å². The lowest BCUT2D eigenvalue weighted by atomic mass is 9.91. The lowest BCUT2D eigenvalue weighted by Gasteiger charge is -2.17. The van der Waals surface area contributed by atoms with E-state index in [1.54, 1.807) is 7.11 Å². The van der Waals surface area contributed by atoms with Gasteiger partial charge in [0.2, 0.25) is 0 Å². The van der Waals surface area contributed by atoms with Crippen LogP contribution in [0.3, 0.4) is 0 Å². The Morgan fingerprint density at radius 3 is 3.00 bits per heavy atom. The van der Waals surface area contributed by atoms with Crippen LogP contribution in [0.5, 0.6) is 5.75 Å². The monoisotopic (exact) mass is 301 g/mol. The van der Waals surface area contributed by atoms with E-state index in [1.165, 1.54) is 25.9 Å². The molecule has 4 nitrogen and oxygen atoms in total. The Hall–Kier alpha value is -1.52. The van der Waals surface area contributed by atoms with Crippen molar-refractivity contribution in [2.45, 2.75) is 19.4 Å². The summed E-state index contributed by atoms with van der Waals surface area (Å²) in [4.78, 5) is 2.51. The molecule has 0 spiro atoms. The van der Waals surface area contributed by atoms with Crippen molar-refractivity contribution in [2.24, 2.45) is 11.8 Å². The van der Waals surface area contributed by atoms with E-state index in [9.17, 15) is 0 Å². The first-order valence-electron chi connectivity index (χ1n) is 8.18. The van der Waals surface area contributed by atoms with Gasteiger partial charge in [-0.25, -0.2) is 0 Å². The molecule has 2 aliphatic rings. The van der Waals surface area contributed by atoms with Crippen molar-refractivity contribution in [2.75, 3.05) is 33.4 Å². The predicted molar refractivity (Wildman–Crippen MR) is 85.1 cm³/mol. The van der Waals surface area contributed by atoms with Crippen LogP contribution in [0.1, 0.15) is 18.6 Å². The van der Waals surface area contributed by atoms with Gasteiger partial charge in [0.1, 0.15) is 17.1 Å². The molecule has 0 amide bonds. The first-order chi connectivity index (χ1) is 10.8. The number of methoxy groups -OCH3 is 1. The van der Waals surface area contributed by atoms with Crippen LogP contribution < -0.4 is 4.74 Å². The van der Waals surface area contributed by atoms with Gasteiger partial charge in [0.05, 0.1) is 13.7 Å². The van der Waals surface area contributed by atoms with E-state index in [0.29, 0.717) is 0 Å². The highest BCUT2D eigenvalue weighted by molar-refractivity contribution is 5.79. The Morgan fingerprint density at radius 2 is 2.18 bits per heavy atom. The first-order valence-corrected chi connectivity index (χ1v) is 8.18. The maximum atomic E-state index is 5.97. The highest BCUT2D eigenvalue weighted by Crippen LogP contribution is 2.31. The van der Waals surface area contributed by atoms with Crippen molar-refractivity contribution in [1.29, 1.82) is 0 Å². The minimum atomic E-state index is 0.768. The van der Waals surface area contributed by atoms with E-state index >= 15 is 0 Å². The highest BCUT2D eigenvalue weighted by atomic mass is 16.5. The molecule has 1 aromatic heterocycles. The van der Waals surface area contributed by atoms with Crippen molar-refractivity contribution in [1.82, 2.24) is 4.90 Å². The second kappa shape index (κ2) is 5.94. The largest absolute Gasteiger partial charge is 0.497 e. The SMILES string of the molecule is COc1ccc2oc(CN3CCC(C4CCOC4)C3)cc2c1. The van der Waals surface area contributed by atoms with Crippen LogP contribution in [0.4, 0.5) is 0 Å². The Bertz CT molecular complexity index is 645. The summed E-state index contributed by atoms with van der Waals surface area (Å²) in [6.45, 7) is 5.16. The van der Waals surface area contributed by atoms with E-state index in [0.717, 1.165) is 54.1 Å². The molecule has 3 heterocycles. The van der Waals surface area contributed by atoms with Crippen LogP contribution in [0.15, 0.2) is 28.7 Å². The molecular weight excluding hydrogens is 278 g/mol. The summed E-state index contributed by atoms with van der Waals surface area (Å²) in [5.41, 5.74) is 0.940. The molecule has 0 aliphatic carbocycles. The van der Waals surface area contributed by atoms with Gasteiger partial charge in [0.25, 0.3) is 0 Å². The van der Waals surface area contributed by atoms with Gasteiger partial charge in [-0.1, -0.05) is 0 Å². The number of fused-ring (bicyclic) bond motifs is 1. The van der Waals surface area contributed by atoms with Gasteiger partial charge in [0.15, 0.2) is 0 Å². The third-order valence-electron chi connectivity index (χ3n) is 5.09. The molecule has 0 N–H and O–H groups in total. The van der Waals surface area contributed by atoms with Crippen molar-refractivity contribution in [3.63, 3.8) is 0 Å². The van der Waals surface area contributed by atoms with Crippen molar-refractivity contribution < 1.29 is 13.9 Å². The number of hydrogen-bond donors (Lipinski definition) is 0. The Kier molecular flexibility index (Phi) is 3.80. The second-order valence-electron chi connectivity index (χ2n) is 6.52. The average Bonchev–Trinajstić information content (AvgIpc) is 3.26. The topological polar surface area (TPSA) is 34.8 Å². The lowest BCUT2D eigenvalue weighted by Crippen LogP contribution is -2.22. The highest BCUT2D eigenvalue weighted by Gasteiger charge is 2.32. The van der Waals surface area contributed by atoms with E-state index in [2.05, 4.69) is 11.0 Å². The van der Waals surface area contributed by atoms with Gasteiger partial charge in [-0.15, -0.1) is 0 Å². The summed E-state index contributed by atoms with van der Waals surface area (Å²) in [6.07, 6.45) is 2.53. The van der Waals surface area contributed by atoms with Crippen LogP contribution in [0.2, 0.25) is 0 Å². The number of rotatable bonds is 4.